The van der Waals surface area contributed by atoms with Gasteiger partial charge in [0, 0.05) is 35.4 Å². The molecule has 0 spiro atoms. The Hall–Kier alpha value is -3.07. The molecule has 3 nitrogen and oxygen atoms in total. The fourth-order valence-corrected chi connectivity index (χ4v) is 3.59. The van der Waals surface area contributed by atoms with Crippen LogP contribution in [0.25, 0.3) is 22.0 Å². The first-order valence-electron chi connectivity index (χ1n) is 10.5. The monoisotopic (exact) mass is 385 g/mol. The van der Waals surface area contributed by atoms with E-state index in [4.69, 9.17) is 4.98 Å². The molecular formula is C26H31N3. The van der Waals surface area contributed by atoms with Gasteiger partial charge in [0.2, 0.25) is 0 Å². The van der Waals surface area contributed by atoms with Crippen LogP contribution in [0.1, 0.15) is 33.6 Å². The molecule has 0 amide bonds. The summed E-state index contributed by atoms with van der Waals surface area (Å²) < 4.78 is 0. The molecule has 2 aromatic carbocycles. The predicted molar refractivity (Wildman–Crippen MR) is 126 cm³/mol. The second-order valence-corrected chi connectivity index (χ2v) is 7.37. The molecule has 3 rings (SSSR count). The number of fused-ring (bicyclic) bond motifs is 1. The Kier molecular flexibility index (Phi) is 7.07. The molecule has 0 fully saturated rings. The van der Waals surface area contributed by atoms with Crippen molar-refractivity contribution in [2.24, 2.45) is 0 Å². The number of anilines is 1. The number of rotatable bonds is 9. The SMILES string of the molecule is C=C(/C=C(/C)N(CCC)CCC)Nc1nc(-c2ccccc2)cc2ccccc12. The summed E-state index contributed by atoms with van der Waals surface area (Å²) in [5.74, 6) is 0.841. The van der Waals surface area contributed by atoms with Gasteiger partial charge in [-0.3, -0.25) is 0 Å². The maximum atomic E-state index is 4.92. The van der Waals surface area contributed by atoms with Gasteiger partial charge < -0.3 is 10.2 Å². The second-order valence-electron chi connectivity index (χ2n) is 7.37. The highest BCUT2D eigenvalue weighted by molar-refractivity contribution is 5.95. The summed E-state index contributed by atoms with van der Waals surface area (Å²) in [7, 11) is 0. The third kappa shape index (κ3) is 5.26. The lowest BCUT2D eigenvalue weighted by Gasteiger charge is -2.24. The van der Waals surface area contributed by atoms with Crippen LogP contribution in [0.4, 0.5) is 5.82 Å². The first-order chi connectivity index (χ1) is 14.1. The molecule has 0 unspecified atom stereocenters. The highest BCUT2D eigenvalue weighted by atomic mass is 15.1. The van der Waals surface area contributed by atoms with E-state index in [0.29, 0.717) is 0 Å². The maximum absolute atomic E-state index is 4.92. The van der Waals surface area contributed by atoms with Crippen molar-refractivity contribution in [2.75, 3.05) is 18.4 Å². The van der Waals surface area contributed by atoms with Gasteiger partial charge in [0.25, 0.3) is 0 Å². The van der Waals surface area contributed by atoms with Crippen LogP contribution >= 0.6 is 0 Å². The lowest BCUT2D eigenvalue weighted by molar-refractivity contribution is 0.345. The zero-order valence-corrected chi connectivity index (χ0v) is 17.8. The largest absolute Gasteiger partial charge is 0.375 e. The number of hydrogen-bond acceptors (Lipinski definition) is 3. The Morgan fingerprint density at radius 1 is 1.00 bits per heavy atom. The second kappa shape index (κ2) is 9.92. The van der Waals surface area contributed by atoms with Crippen molar-refractivity contribution in [2.45, 2.75) is 33.6 Å². The van der Waals surface area contributed by atoms with E-state index in [9.17, 15) is 0 Å². The number of nitrogens with zero attached hydrogens (tertiary/aromatic N) is 2. The number of aromatic nitrogens is 1. The van der Waals surface area contributed by atoms with E-state index >= 15 is 0 Å². The topological polar surface area (TPSA) is 28.2 Å². The maximum Gasteiger partial charge on any atom is 0.138 e. The molecule has 3 aromatic rings. The molecular weight excluding hydrogens is 354 g/mol. The van der Waals surface area contributed by atoms with Gasteiger partial charge >= 0.3 is 0 Å². The average molecular weight is 386 g/mol. The Morgan fingerprint density at radius 3 is 2.34 bits per heavy atom. The molecule has 0 aliphatic carbocycles. The van der Waals surface area contributed by atoms with E-state index in [1.165, 1.54) is 5.70 Å². The minimum Gasteiger partial charge on any atom is -0.375 e. The molecule has 0 aliphatic rings. The van der Waals surface area contributed by atoms with E-state index in [-0.39, 0.29) is 0 Å². The van der Waals surface area contributed by atoms with Crippen molar-refractivity contribution in [1.82, 2.24) is 9.88 Å². The molecule has 150 valence electrons. The van der Waals surface area contributed by atoms with Gasteiger partial charge in [0.05, 0.1) is 5.69 Å². The minimum atomic E-state index is 0.841. The van der Waals surface area contributed by atoms with Crippen LogP contribution in [0.5, 0.6) is 0 Å². The van der Waals surface area contributed by atoms with Crippen LogP contribution in [-0.2, 0) is 0 Å². The molecule has 0 atom stereocenters. The Bertz CT molecular complexity index is 983. The normalized spacial score (nSPS) is 11.5. The molecule has 0 aliphatic heterocycles. The van der Waals surface area contributed by atoms with Crippen molar-refractivity contribution < 1.29 is 0 Å². The van der Waals surface area contributed by atoms with Gasteiger partial charge in [-0.25, -0.2) is 4.98 Å². The van der Waals surface area contributed by atoms with Gasteiger partial charge in [-0.05, 0) is 37.3 Å². The molecule has 3 heteroatoms. The summed E-state index contributed by atoms with van der Waals surface area (Å²) in [5, 5.41) is 5.72. The van der Waals surface area contributed by atoms with Gasteiger partial charge in [-0.2, -0.15) is 0 Å². The molecule has 29 heavy (non-hydrogen) atoms. The molecule has 0 radical (unpaired) electrons. The molecule has 1 heterocycles. The number of nitrogens with one attached hydrogen (secondary N) is 1. The van der Waals surface area contributed by atoms with Crippen LogP contribution in [0.15, 0.2) is 84.7 Å². The van der Waals surface area contributed by atoms with Crippen molar-refractivity contribution in [1.29, 1.82) is 0 Å². The van der Waals surface area contributed by atoms with E-state index in [1.54, 1.807) is 0 Å². The van der Waals surface area contributed by atoms with Crippen molar-refractivity contribution in [3.63, 3.8) is 0 Å². The van der Waals surface area contributed by atoms with Crippen molar-refractivity contribution in [3.05, 3.63) is 84.7 Å². The molecule has 1 N–H and O–H groups in total. The summed E-state index contributed by atoms with van der Waals surface area (Å²) in [4.78, 5) is 7.34. The first-order valence-corrected chi connectivity index (χ1v) is 10.5. The van der Waals surface area contributed by atoms with Gasteiger partial charge in [0.1, 0.15) is 5.82 Å². The van der Waals surface area contributed by atoms with Crippen LogP contribution in [-0.4, -0.2) is 23.0 Å². The molecule has 0 bridgehead atoms. The minimum absolute atomic E-state index is 0.841. The van der Waals surface area contributed by atoms with Crippen molar-refractivity contribution in [3.8, 4) is 11.3 Å². The zero-order valence-electron chi connectivity index (χ0n) is 17.8. The van der Waals surface area contributed by atoms with Crippen LogP contribution in [0, 0.1) is 0 Å². The summed E-state index contributed by atoms with van der Waals surface area (Å²) in [6.07, 6.45) is 4.39. The van der Waals surface area contributed by atoms with Gasteiger partial charge in [-0.1, -0.05) is 75.0 Å². The quantitative estimate of drug-likeness (QED) is 0.408. The standard InChI is InChI=1S/C26H31N3/c1-5-16-29(17-6-2)21(4)18-20(3)27-26-24-15-11-10-14-23(24)19-25(28-26)22-12-8-7-9-13-22/h7-15,18-19H,3,5-6,16-17H2,1-2,4H3,(H,27,28)/b21-18-. The fraction of sp³-hybridized carbons (Fsp3) is 0.269. The lowest BCUT2D eigenvalue weighted by atomic mass is 10.1. The molecule has 0 saturated heterocycles. The Balaban J connectivity index is 1.92. The Morgan fingerprint density at radius 2 is 1.66 bits per heavy atom. The summed E-state index contributed by atoms with van der Waals surface area (Å²) in [6, 6.07) is 20.8. The van der Waals surface area contributed by atoms with Crippen molar-refractivity contribution >= 4 is 16.6 Å². The number of allylic oxidation sites excluding steroid dienone is 2. The molecule has 1 aromatic heterocycles. The lowest BCUT2D eigenvalue weighted by Crippen LogP contribution is -2.23. The van der Waals surface area contributed by atoms with Crippen LogP contribution in [0.3, 0.4) is 0 Å². The summed E-state index contributed by atoms with van der Waals surface area (Å²) >= 11 is 0. The summed E-state index contributed by atoms with van der Waals surface area (Å²) in [6.45, 7) is 13.0. The van der Waals surface area contributed by atoms with E-state index in [0.717, 1.165) is 59.5 Å². The number of benzene rings is 2. The highest BCUT2D eigenvalue weighted by Gasteiger charge is 2.09. The third-order valence-corrected chi connectivity index (χ3v) is 4.96. The smallest absolute Gasteiger partial charge is 0.138 e. The third-order valence-electron chi connectivity index (χ3n) is 4.96. The van der Waals surface area contributed by atoms with E-state index < -0.39 is 0 Å². The van der Waals surface area contributed by atoms with E-state index in [2.05, 4.69) is 80.0 Å². The predicted octanol–water partition coefficient (Wildman–Crippen LogP) is 6.85. The number of pyridine rings is 1. The van der Waals surface area contributed by atoms with Crippen LogP contribution in [0.2, 0.25) is 0 Å². The van der Waals surface area contributed by atoms with Gasteiger partial charge in [0.15, 0.2) is 0 Å². The van der Waals surface area contributed by atoms with E-state index in [1.807, 2.05) is 24.3 Å². The van der Waals surface area contributed by atoms with Crippen LogP contribution < -0.4 is 5.32 Å². The highest BCUT2D eigenvalue weighted by Crippen LogP contribution is 2.28. The fourth-order valence-electron chi connectivity index (χ4n) is 3.59. The zero-order chi connectivity index (χ0) is 20.6. The summed E-state index contributed by atoms with van der Waals surface area (Å²) in [5.41, 5.74) is 4.15. The van der Waals surface area contributed by atoms with Gasteiger partial charge in [-0.15, -0.1) is 0 Å². The average Bonchev–Trinajstić information content (AvgIpc) is 2.74. The first kappa shape index (κ1) is 20.7. The number of hydrogen-bond donors (Lipinski definition) is 1. The molecule has 0 saturated carbocycles. The Labute approximate surface area is 174 Å².